The van der Waals surface area contributed by atoms with E-state index in [0.717, 1.165) is 12.8 Å². The van der Waals surface area contributed by atoms with Crippen LogP contribution in [-0.4, -0.2) is 44.9 Å². The molecule has 8 heteroatoms. The molecule has 164 valence electrons. The predicted octanol–water partition coefficient (Wildman–Crippen LogP) is 3.79. The summed E-state index contributed by atoms with van der Waals surface area (Å²) in [7, 11) is -3.70. The number of amides is 1. The summed E-state index contributed by atoms with van der Waals surface area (Å²) in [4.78, 5) is 13.0. The highest BCUT2D eigenvalue weighted by molar-refractivity contribution is 7.89. The fraction of sp³-hybridized carbons (Fsp3) is 0.348. The molecule has 7 nitrogen and oxygen atoms in total. The average molecular weight is 443 g/mol. The van der Waals surface area contributed by atoms with Crippen molar-refractivity contribution in [2.45, 2.75) is 24.2 Å². The molecule has 1 saturated heterocycles. The zero-order valence-corrected chi connectivity index (χ0v) is 18.0. The Morgan fingerprint density at radius 3 is 2.55 bits per heavy atom. The SMILES string of the molecule is O=C(Nc1cc(S(=O)(=O)N2CCOCC2)ccc1Oc1ccccc1)C1CC=CCC1. The molecular formula is C23H26N2O5S. The highest BCUT2D eigenvalue weighted by Crippen LogP contribution is 2.34. The molecule has 1 N–H and O–H groups in total. The molecule has 0 bridgehead atoms. The molecule has 1 aliphatic carbocycles. The number of hydrogen-bond donors (Lipinski definition) is 1. The Hall–Kier alpha value is -2.68. The molecule has 0 radical (unpaired) electrons. The predicted molar refractivity (Wildman–Crippen MR) is 118 cm³/mol. The highest BCUT2D eigenvalue weighted by Gasteiger charge is 2.28. The van der Waals surface area contributed by atoms with Crippen LogP contribution in [0, 0.1) is 5.92 Å². The molecular weight excluding hydrogens is 416 g/mol. The highest BCUT2D eigenvalue weighted by atomic mass is 32.2. The van der Waals surface area contributed by atoms with Gasteiger partial charge in [-0.25, -0.2) is 8.42 Å². The van der Waals surface area contributed by atoms with E-state index in [1.54, 1.807) is 18.2 Å². The molecule has 0 saturated carbocycles. The van der Waals surface area contributed by atoms with Crippen molar-refractivity contribution in [3.8, 4) is 11.5 Å². The quantitative estimate of drug-likeness (QED) is 0.688. The number of nitrogens with one attached hydrogen (secondary N) is 1. The van der Waals surface area contributed by atoms with Crippen molar-refractivity contribution in [1.29, 1.82) is 0 Å². The number of carbonyl (C=O) groups excluding carboxylic acids is 1. The lowest BCUT2D eigenvalue weighted by Crippen LogP contribution is -2.40. The van der Waals surface area contributed by atoms with Gasteiger partial charge in [0.1, 0.15) is 5.75 Å². The Kier molecular flexibility index (Phi) is 6.70. The minimum absolute atomic E-state index is 0.119. The summed E-state index contributed by atoms with van der Waals surface area (Å²) in [6, 6.07) is 13.8. The molecule has 1 fully saturated rings. The van der Waals surface area contributed by atoms with Crippen LogP contribution in [0.3, 0.4) is 0 Å². The molecule has 1 aliphatic heterocycles. The van der Waals surface area contributed by atoms with Crippen molar-refractivity contribution in [3.63, 3.8) is 0 Å². The minimum atomic E-state index is -3.70. The van der Waals surface area contributed by atoms with Gasteiger partial charge in [-0.2, -0.15) is 4.31 Å². The fourth-order valence-electron chi connectivity index (χ4n) is 3.67. The van der Waals surface area contributed by atoms with E-state index in [2.05, 4.69) is 11.4 Å². The molecule has 4 rings (SSSR count). The normalized spacial score (nSPS) is 19.7. The molecule has 0 aromatic heterocycles. The monoisotopic (exact) mass is 442 g/mol. The van der Waals surface area contributed by atoms with E-state index in [4.69, 9.17) is 9.47 Å². The van der Waals surface area contributed by atoms with Crippen LogP contribution >= 0.6 is 0 Å². The number of hydrogen-bond acceptors (Lipinski definition) is 5. The second kappa shape index (κ2) is 9.64. The molecule has 2 aromatic carbocycles. The lowest BCUT2D eigenvalue weighted by Gasteiger charge is -2.26. The number of anilines is 1. The Morgan fingerprint density at radius 1 is 1.06 bits per heavy atom. The molecule has 0 spiro atoms. The van der Waals surface area contributed by atoms with E-state index in [0.29, 0.717) is 49.9 Å². The minimum Gasteiger partial charge on any atom is -0.455 e. The van der Waals surface area contributed by atoms with E-state index in [9.17, 15) is 13.2 Å². The van der Waals surface area contributed by atoms with Crippen LogP contribution in [0.4, 0.5) is 5.69 Å². The van der Waals surface area contributed by atoms with Crippen LogP contribution in [0.25, 0.3) is 0 Å². The summed E-state index contributed by atoms with van der Waals surface area (Å²) in [5, 5.41) is 2.91. The Morgan fingerprint density at radius 2 is 1.84 bits per heavy atom. The first-order valence-electron chi connectivity index (χ1n) is 10.4. The number of carbonyl (C=O) groups is 1. The van der Waals surface area contributed by atoms with Crippen molar-refractivity contribution in [1.82, 2.24) is 4.31 Å². The lowest BCUT2D eigenvalue weighted by molar-refractivity contribution is -0.120. The molecule has 1 amide bonds. The third kappa shape index (κ3) is 5.15. The van der Waals surface area contributed by atoms with Crippen LogP contribution in [0.2, 0.25) is 0 Å². The summed E-state index contributed by atoms with van der Waals surface area (Å²) in [5.41, 5.74) is 0.345. The van der Waals surface area contributed by atoms with Gasteiger partial charge in [0.25, 0.3) is 0 Å². The number of rotatable bonds is 6. The van der Waals surface area contributed by atoms with Crippen molar-refractivity contribution in [3.05, 3.63) is 60.7 Å². The first kappa shape index (κ1) is 21.5. The van der Waals surface area contributed by atoms with Gasteiger partial charge in [0.05, 0.1) is 23.8 Å². The van der Waals surface area contributed by atoms with Gasteiger partial charge in [-0.1, -0.05) is 30.4 Å². The van der Waals surface area contributed by atoms with Crippen LogP contribution < -0.4 is 10.1 Å². The number of benzene rings is 2. The number of morpholine rings is 1. The number of sulfonamides is 1. The van der Waals surface area contributed by atoms with Gasteiger partial charge in [-0.05, 0) is 49.6 Å². The third-order valence-corrected chi connectivity index (χ3v) is 7.32. The van der Waals surface area contributed by atoms with Gasteiger partial charge in [-0.15, -0.1) is 0 Å². The maximum absolute atomic E-state index is 13.1. The Bertz CT molecular complexity index is 1050. The van der Waals surface area contributed by atoms with Gasteiger partial charge in [-0.3, -0.25) is 4.79 Å². The second-order valence-corrected chi connectivity index (χ2v) is 9.50. The maximum Gasteiger partial charge on any atom is 0.243 e. The summed E-state index contributed by atoms with van der Waals surface area (Å²) in [6.45, 7) is 1.35. The van der Waals surface area contributed by atoms with E-state index in [-0.39, 0.29) is 16.7 Å². The van der Waals surface area contributed by atoms with Crippen molar-refractivity contribution in [2.75, 3.05) is 31.6 Å². The molecule has 1 heterocycles. The Balaban J connectivity index is 1.64. The van der Waals surface area contributed by atoms with Crippen LogP contribution in [0.5, 0.6) is 11.5 Å². The summed E-state index contributed by atoms with van der Waals surface area (Å²) in [6.07, 6.45) is 6.38. The van der Waals surface area contributed by atoms with Crippen molar-refractivity contribution >= 4 is 21.6 Å². The molecule has 1 atom stereocenters. The molecule has 1 unspecified atom stereocenters. The van der Waals surface area contributed by atoms with E-state index >= 15 is 0 Å². The molecule has 2 aromatic rings. The Labute approximate surface area is 182 Å². The largest absolute Gasteiger partial charge is 0.455 e. The molecule has 31 heavy (non-hydrogen) atoms. The standard InChI is InChI=1S/C23H26N2O5S/c26-23(18-7-3-1-4-8-18)24-21-17-20(31(27,28)25-13-15-29-16-14-25)11-12-22(21)30-19-9-5-2-6-10-19/h1-3,5-6,9-12,17-18H,4,7-8,13-16H2,(H,24,26). The van der Waals surface area contributed by atoms with E-state index < -0.39 is 10.0 Å². The lowest BCUT2D eigenvalue weighted by atomic mass is 9.93. The van der Waals surface area contributed by atoms with Crippen LogP contribution in [0.1, 0.15) is 19.3 Å². The topological polar surface area (TPSA) is 84.9 Å². The number of allylic oxidation sites excluding steroid dienone is 2. The van der Waals surface area contributed by atoms with Crippen LogP contribution in [0.15, 0.2) is 65.6 Å². The van der Waals surface area contributed by atoms with Gasteiger partial charge >= 0.3 is 0 Å². The molecule has 2 aliphatic rings. The average Bonchev–Trinajstić information content (AvgIpc) is 2.82. The van der Waals surface area contributed by atoms with Gasteiger partial charge in [0, 0.05) is 19.0 Å². The number of nitrogens with zero attached hydrogens (tertiary/aromatic N) is 1. The van der Waals surface area contributed by atoms with Gasteiger partial charge in [0.2, 0.25) is 15.9 Å². The van der Waals surface area contributed by atoms with Crippen molar-refractivity contribution in [2.24, 2.45) is 5.92 Å². The van der Waals surface area contributed by atoms with Crippen LogP contribution in [-0.2, 0) is 19.6 Å². The van der Waals surface area contributed by atoms with Gasteiger partial charge in [0.15, 0.2) is 5.75 Å². The summed E-state index contributed by atoms with van der Waals surface area (Å²) in [5.74, 6) is 0.714. The zero-order chi connectivity index (χ0) is 21.7. The third-order valence-electron chi connectivity index (χ3n) is 5.43. The summed E-state index contributed by atoms with van der Waals surface area (Å²) < 4.78 is 38.8. The first-order valence-corrected chi connectivity index (χ1v) is 11.9. The van der Waals surface area contributed by atoms with E-state index in [1.165, 1.54) is 16.4 Å². The smallest absolute Gasteiger partial charge is 0.243 e. The zero-order valence-electron chi connectivity index (χ0n) is 17.2. The van der Waals surface area contributed by atoms with E-state index in [1.807, 2.05) is 24.3 Å². The maximum atomic E-state index is 13.1. The number of para-hydroxylation sites is 1. The van der Waals surface area contributed by atoms with Crippen molar-refractivity contribution < 1.29 is 22.7 Å². The summed E-state index contributed by atoms with van der Waals surface area (Å²) >= 11 is 0. The second-order valence-electron chi connectivity index (χ2n) is 7.56. The first-order chi connectivity index (χ1) is 15.0. The fourth-order valence-corrected chi connectivity index (χ4v) is 5.11. The van der Waals surface area contributed by atoms with Gasteiger partial charge < -0.3 is 14.8 Å². The number of ether oxygens (including phenoxy) is 2.